The molecule has 0 bridgehead atoms. The summed E-state index contributed by atoms with van der Waals surface area (Å²) in [6.07, 6.45) is 1.14. The monoisotopic (exact) mass is 456 g/mol. The molecule has 5 rings (SSSR count). The Labute approximate surface area is 192 Å². The number of likely N-dealkylation sites (N-methyl/N-ethyl adjacent to an activating group) is 1. The molecule has 32 heavy (non-hydrogen) atoms. The van der Waals surface area contributed by atoms with Crippen molar-refractivity contribution in [2.24, 2.45) is 13.0 Å². The number of hydrogen-bond acceptors (Lipinski definition) is 5. The number of rotatable bonds is 3. The predicted molar refractivity (Wildman–Crippen MR) is 124 cm³/mol. The molecule has 0 spiro atoms. The number of amides is 1. The molecule has 1 aliphatic carbocycles. The fourth-order valence-corrected chi connectivity index (χ4v) is 5.51. The van der Waals surface area contributed by atoms with Crippen molar-refractivity contribution in [2.75, 3.05) is 33.2 Å². The second kappa shape index (κ2) is 8.30. The summed E-state index contributed by atoms with van der Waals surface area (Å²) in [5.41, 5.74) is 5.88. The third-order valence-corrected chi connectivity index (χ3v) is 7.51. The van der Waals surface area contributed by atoms with Crippen LogP contribution < -0.4 is 5.32 Å². The van der Waals surface area contributed by atoms with E-state index < -0.39 is 23.2 Å². The molecule has 2 aliphatic heterocycles. The maximum atomic E-state index is 12.6. The number of aryl methyl sites for hydroxylation is 2. The fraction of sp³-hybridized carbons (Fsp3) is 0.500. The molecular weight excluding hydrogens is 428 g/mol. The van der Waals surface area contributed by atoms with Crippen LogP contribution in [0.3, 0.4) is 0 Å². The van der Waals surface area contributed by atoms with Gasteiger partial charge < -0.3 is 19.9 Å². The van der Waals surface area contributed by atoms with Gasteiger partial charge in [0.15, 0.2) is 0 Å². The van der Waals surface area contributed by atoms with Gasteiger partial charge in [0.2, 0.25) is 11.1 Å². The van der Waals surface area contributed by atoms with Crippen molar-refractivity contribution in [3.05, 3.63) is 40.6 Å². The van der Waals surface area contributed by atoms with Crippen molar-refractivity contribution in [3.8, 4) is 0 Å². The van der Waals surface area contributed by atoms with E-state index in [1.165, 1.54) is 11.2 Å². The van der Waals surface area contributed by atoms with Gasteiger partial charge in [-0.1, -0.05) is 0 Å². The highest BCUT2D eigenvalue weighted by atomic mass is 35.5. The highest BCUT2D eigenvalue weighted by molar-refractivity contribution is 6.65. The van der Waals surface area contributed by atoms with Crippen molar-refractivity contribution in [1.29, 1.82) is 0 Å². The van der Waals surface area contributed by atoms with Gasteiger partial charge in [-0.3, -0.25) is 14.5 Å². The summed E-state index contributed by atoms with van der Waals surface area (Å²) >= 11 is 5.61. The van der Waals surface area contributed by atoms with Gasteiger partial charge in [0.1, 0.15) is 5.92 Å². The Morgan fingerprint density at radius 3 is 2.62 bits per heavy atom. The third kappa shape index (κ3) is 3.67. The summed E-state index contributed by atoms with van der Waals surface area (Å²) in [6, 6.07) is 6.56. The van der Waals surface area contributed by atoms with E-state index >= 15 is 0 Å². The van der Waals surface area contributed by atoms with Gasteiger partial charge in [0.05, 0.1) is 11.8 Å². The molecule has 3 aliphatic rings. The van der Waals surface area contributed by atoms with Crippen molar-refractivity contribution < 1.29 is 14.7 Å². The SMILES string of the molecule is CN1CCN(Cc2cc3cc4c(cc3n2C)CCCC2=C4NC(=O)C(C(=O)Cl)C2O)CC1. The molecule has 0 radical (unpaired) electrons. The lowest BCUT2D eigenvalue weighted by Crippen LogP contribution is -2.46. The summed E-state index contributed by atoms with van der Waals surface area (Å²) < 4.78 is 2.27. The highest BCUT2D eigenvalue weighted by Gasteiger charge is 2.41. The lowest BCUT2D eigenvalue weighted by atomic mass is 9.87. The zero-order valence-corrected chi connectivity index (χ0v) is 19.3. The number of piperazine rings is 1. The van der Waals surface area contributed by atoms with E-state index in [0.29, 0.717) is 17.7 Å². The number of carbonyl (C=O) groups excluding carboxylic acids is 2. The van der Waals surface area contributed by atoms with Gasteiger partial charge in [0.25, 0.3) is 0 Å². The van der Waals surface area contributed by atoms with Gasteiger partial charge in [-0.25, -0.2) is 0 Å². The molecule has 2 N–H and O–H groups in total. The molecule has 3 heterocycles. The van der Waals surface area contributed by atoms with E-state index in [9.17, 15) is 14.7 Å². The van der Waals surface area contributed by atoms with E-state index in [0.717, 1.165) is 62.1 Å². The van der Waals surface area contributed by atoms with Crippen molar-refractivity contribution >= 4 is 39.4 Å². The minimum absolute atomic E-state index is 0.534. The summed E-state index contributed by atoms with van der Waals surface area (Å²) in [5.74, 6) is -1.78. The molecule has 1 aromatic carbocycles. The average Bonchev–Trinajstić information content (AvgIpc) is 2.93. The molecule has 8 heteroatoms. The van der Waals surface area contributed by atoms with Gasteiger partial charge >= 0.3 is 0 Å². The molecule has 2 aromatic rings. The predicted octanol–water partition coefficient (Wildman–Crippen LogP) is 1.85. The minimum Gasteiger partial charge on any atom is -0.387 e. The number of aromatic nitrogens is 1. The van der Waals surface area contributed by atoms with Crippen LogP contribution >= 0.6 is 11.6 Å². The lowest BCUT2D eigenvalue weighted by molar-refractivity contribution is -0.133. The normalized spacial score (nSPS) is 24.8. The number of halogens is 1. The van der Waals surface area contributed by atoms with E-state index in [4.69, 9.17) is 11.6 Å². The first-order chi connectivity index (χ1) is 15.3. The van der Waals surface area contributed by atoms with E-state index in [-0.39, 0.29) is 0 Å². The lowest BCUT2D eigenvalue weighted by Gasteiger charge is -2.32. The first kappa shape index (κ1) is 21.6. The van der Waals surface area contributed by atoms with Crippen LogP contribution in [0.25, 0.3) is 16.6 Å². The molecule has 1 saturated heterocycles. The molecule has 1 amide bonds. The molecule has 170 valence electrons. The first-order valence-electron chi connectivity index (χ1n) is 11.3. The van der Waals surface area contributed by atoms with Crippen LogP contribution in [0.2, 0.25) is 0 Å². The Kier molecular flexibility index (Phi) is 5.61. The minimum atomic E-state index is -1.24. The van der Waals surface area contributed by atoms with Crippen LogP contribution in [0.15, 0.2) is 23.8 Å². The van der Waals surface area contributed by atoms with Gasteiger partial charge in [0, 0.05) is 61.9 Å². The topological polar surface area (TPSA) is 77.8 Å². The fourth-order valence-electron chi connectivity index (χ4n) is 5.30. The quantitative estimate of drug-likeness (QED) is 0.544. The Morgan fingerprint density at radius 2 is 1.91 bits per heavy atom. The largest absolute Gasteiger partial charge is 0.387 e. The molecule has 7 nitrogen and oxygen atoms in total. The molecular formula is C24H29ClN4O3. The zero-order valence-electron chi connectivity index (χ0n) is 18.5. The van der Waals surface area contributed by atoms with Crippen molar-refractivity contribution in [1.82, 2.24) is 19.7 Å². The van der Waals surface area contributed by atoms with E-state index in [1.54, 1.807) is 0 Å². The second-order valence-electron chi connectivity index (χ2n) is 9.31. The Hall–Kier alpha value is -2.19. The highest BCUT2D eigenvalue weighted by Crippen LogP contribution is 2.38. The molecule has 0 saturated carbocycles. The Morgan fingerprint density at radius 1 is 1.16 bits per heavy atom. The van der Waals surface area contributed by atoms with Crippen molar-refractivity contribution in [2.45, 2.75) is 31.9 Å². The number of benzene rings is 1. The van der Waals surface area contributed by atoms with Crippen molar-refractivity contribution in [3.63, 3.8) is 0 Å². The van der Waals surface area contributed by atoms with Crippen LogP contribution in [-0.4, -0.2) is 70.0 Å². The van der Waals surface area contributed by atoms with Gasteiger partial charge in [-0.2, -0.15) is 0 Å². The van der Waals surface area contributed by atoms with E-state index in [2.05, 4.69) is 52.0 Å². The third-order valence-electron chi connectivity index (χ3n) is 7.28. The average molecular weight is 457 g/mol. The number of carbonyl (C=O) groups is 2. The summed E-state index contributed by atoms with van der Waals surface area (Å²) in [5, 5.41) is 14.0. The molecule has 2 atom stereocenters. The van der Waals surface area contributed by atoms with E-state index in [1.807, 2.05) is 0 Å². The second-order valence-corrected chi connectivity index (χ2v) is 9.68. The first-order valence-corrected chi connectivity index (χ1v) is 11.6. The Bertz CT molecular complexity index is 1130. The number of fused-ring (bicyclic) bond motifs is 3. The zero-order chi connectivity index (χ0) is 22.6. The van der Waals surface area contributed by atoms with Crippen LogP contribution in [-0.2, 0) is 29.6 Å². The van der Waals surface area contributed by atoms with Crippen LogP contribution in [0.1, 0.15) is 29.7 Å². The summed E-state index contributed by atoms with van der Waals surface area (Å²) in [7, 11) is 4.28. The standard InChI is InChI=1S/C24H29ClN4O3/c1-27-6-8-29(9-7-27)13-16-10-15-11-18-14(12-19(15)28(16)2)4-3-5-17-21(18)26-24(32)20(22(17)30)23(25)31/h10-12,20,22,30H,3-9,13H2,1-2H3,(H,26,32). The number of hydrogen-bond donors (Lipinski definition) is 2. The van der Waals surface area contributed by atoms with Crippen LogP contribution in [0.4, 0.5) is 0 Å². The summed E-state index contributed by atoms with van der Waals surface area (Å²) in [6.45, 7) is 5.21. The maximum absolute atomic E-state index is 12.6. The molecule has 2 unspecified atom stereocenters. The van der Waals surface area contributed by atoms with Crippen LogP contribution in [0.5, 0.6) is 0 Å². The van der Waals surface area contributed by atoms with Crippen LogP contribution in [0, 0.1) is 5.92 Å². The smallest absolute Gasteiger partial charge is 0.239 e. The molecule has 1 aromatic heterocycles. The number of aliphatic hydroxyl groups is 1. The summed E-state index contributed by atoms with van der Waals surface area (Å²) in [4.78, 5) is 29.1. The Balaban J connectivity index is 1.53. The van der Waals surface area contributed by atoms with Gasteiger partial charge in [-0.15, -0.1) is 0 Å². The number of nitrogens with zero attached hydrogens (tertiary/aromatic N) is 3. The number of nitrogens with one attached hydrogen (secondary N) is 1. The maximum Gasteiger partial charge on any atom is 0.239 e. The number of aliphatic hydroxyl groups excluding tert-OH is 1. The van der Waals surface area contributed by atoms with Gasteiger partial charge in [-0.05, 0) is 67.2 Å². The molecule has 1 fully saturated rings.